The molecule has 6 nitrogen and oxygen atoms in total. The Hall–Kier alpha value is -1.85. The molecule has 0 saturated heterocycles. The molecular formula is C26H33N5OS2. The molecule has 0 radical (unpaired) electrons. The van der Waals surface area contributed by atoms with E-state index in [-0.39, 0.29) is 11.7 Å². The molecule has 34 heavy (non-hydrogen) atoms. The predicted molar refractivity (Wildman–Crippen MR) is 135 cm³/mol. The topological polar surface area (TPSA) is 83.6 Å². The van der Waals surface area contributed by atoms with Crippen LogP contribution in [0.4, 0.5) is 5.00 Å². The highest BCUT2D eigenvalue weighted by Crippen LogP contribution is 2.61. The monoisotopic (exact) mass is 495 g/mol. The Morgan fingerprint density at radius 3 is 2.56 bits per heavy atom. The highest BCUT2D eigenvalue weighted by Gasteiger charge is 2.51. The van der Waals surface area contributed by atoms with Crippen molar-refractivity contribution in [3.8, 4) is 6.07 Å². The summed E-state index contributed by atoms with van der Waals surface area (Å²) in [6, 6.07) is 2.33. The molecule has 0 aromatic carbocycles. The van der Waals surface area contributed by atoms with Crippen LogP contribution in [-0.4, -0.2) is 26.4 Å². The summed E-state index contributed by atoms with van der Waals surface area (Å²) in [5.74, 6) is 4.11. The van der Waals surface area contributed by atoms with Gasteiger partial charge in [0, 0.05) is 17.8 Å². The van der Waals surface area contributed by atoms with Gasteiger partial charge in [-0.05, 0) is 99.9 Å². The number of hydrogen-bond donors (Lipinski definition) is 1. The molecule has 2 aromatic rings. The van der Waals surface area contributed by atoms with Gasteiger partial charge in [0.05, 0.1) is 11.3 Å². The maximum atomic E-state index is 12.8. The molecular weight excluding hydrogens is 462 g/mol. The second-order valence-electron chi connectivity index (χ2n) is 11.1. The number of aryl methyl sites for hydroxylation is 1. The van der Waals surface area contributed by atoms with Gasteiger partial charge in [-0.3, -0.25) is 4.79 Å². The molecule has 0 aliphatic heterocycles. The van der Waals surface area contributed by atoms with E-state index >= 15 is 0 Å². The largest absolute Gasteiger partial charge is 0.316 e. The Balaban J connectivity index is 1.12. The van der Waals surface area contributed by atoms with Gasteiger partial charge in [-0.2, -0.15) is 5.26 Å². The van der Waals surface area contributed by atoms with Crippen molar-refractivity contribution in [1.29, 1.82) is 5.26 Å². The van der Waals surface area contributed by atoms with Gasteiger partial charge in [-0.25, -0.2) is 0 Å². The zero-order valence-electron chi connectivity index (χ0n) is 19.9. The molecule has 0 unspecified atom stereocenters. The Morgan fingerprint density at radius 1 is 1.18 bits per heavy atom. The molecule has 2 aromatic heterocycles. The van der Waals surface area contributed by atoms with Crippen LogP contribution in [0.25, 0.3) is 0 Å². The number of aromatic nitrogens is 3. The minimum absolute atomic E-state index is 0.0756. The van der Waals surface area contributed by atoms with Crippen molar-refractivity contribution in [2.24, 2.45) is 23.2 Å². The molecule has 5 aliphatic carbocycles. The second kappa shape index (κ2) is 8.98. The maximum Gasteiger partial charge on any atom is 0.235 e. The second-order valence-corrected chi connectivity index (χ2v) is 13.1. The number of nitrogens with zero attached hydrogens (tertiary/aromatic N) is 4. The number of amides is 1. The molecule has 4 fully saturated rings. The Bertz CT molecular complexity index is 1110. The van der Waals surface area contributed by atoms with Crippen molar-refractivity contribution in [2.75, 3.05) is 11.1 Å². The fourth-order valence-corrected chi connectivity index (χ4v) is 9.86. The third-order valence-corrected chi connectivity index (χ3v) is 10.9. The van der Waals surface area contributed by atoms with Crippen LogP contribution in [0.5, 0.6) is 0 Å². The van der Waals surface area contributed by atoms with Gasteiger partial charge in [-0.15, -0.1) is 21.5 Å². The lowest BCUT2D eigenvalue weighted by Crippen LogP contribution is -2.47. The summed E-state index contributed by atoms with van der Waals surface area (Å²) in [7, 11) is 0. The molecule has 4 bridgehead atoms. The van der Waals surface area contributed by atoms with Crippen LogP contribution in [0.3, 0.4) is 0 Å². The van der Waals surface area contributed by atoms with E-state index in [1.807, 2.05) is 0 Å². The van der Waals surface area contributed by atoms with E-state index in [1.54, 1.807) is 11.3 Å². The van der Waals surface area contributed by atoms with Crippen LogP contribution in [0.2, 0.25) is 0 Å². The summed E-state index contributed by atoms with van der Waals surface area (Å²) in [4.78, 5) is 14.0. The number of nitriles is 1. The Kier molecular flexibility index (Phi) is 5.97. The summed E-state index contributed by atoms with van der Waals surface area (Å²) in [5, 5.41) is 23.3. The van der Waals surface area contributed by atoms with Crippen molar-refractivity contribution in [1.82, 2.24) is 14.8 Å². The predicted octanol–water partition coefficient (Wildman–Crippen LogP) is 5.60. The van der Waals surface area contributed by atoms with E-state index in [9.17, 15) is 10.1 Å². The average Bonchev–Trinajstić information content (AvgIpc) is 3.35. The van der Waals surface area contributed by atoms with Crippen LogP contribution < -0.4 is 5.32 Å². The first kappa shape index (κ1) is 22.6. The van der Waals surface area contributed by atoms with Gasteiger partial charge in [0.1, 0.15) is 16.9 Å². The molecule has 1 N–H and O–H groups in total. The van der Waals surface area contributed by atoms with E-state index in [4.69, 9.17) is 0 Å². The van der Waals surface area contributed by atoms with E-state index in [0.717, 1.165) is 71.5 Å². The fourth-order valence-electron chi connectivity index (χ4n) is 7.78. The molecule has 7 rings (SSSR count). The molecule has 5 aliphatic rings. The number of rotatable bonds is 7. The smallest absolute Gasteiger partial charge is 0.235 e. The lowest BCUT2D eigenvalue weighted by molar-refractivity contribution is -0.113. The zero-order valence-corrected chi connectivity index (χ0v) is 21.6. The van der Waals surface area contributed by atoms with Crippen molar-refractivity contribution in [3.63, 3.8) is 0 Å². The van der Waals surface area contributed by atoms with Gasteiger partial charge < -0.3 is 9.88 Å². The number of fused-ring (bicyclic) bond motifs is 1. The van der Waals surface area contributed by atoms with Crippen molar-refractivity contribution in [3.05, 3.63) is 21.8 Å². The Morgan fingerprint density at radius 2 is 1.88 bits per heavy atom. The number of thioether (sulfide) groups is 1. The van der Waals surface area contributed by atoms with Crippen molar-refractivity contribution >= 4 is 34.0 Å². The van der Waals surface area contributed by atoms with E-state index in [1.165, 1.54) is 61.6 Å². The van der Waals surface area contributed by atoms with Gasteiger partial charge in [0.25, 0.3) is 0 Å². The molecule has 180 valence electrons. The zero-order chi connectivity index (χ0) is 23.3. The van der Waals surface area contributed by atoms with Crippen LogP contribution >= 0.6 is 23.1 Å². The number of anilines is 1. The SMILES string of the molecule is CCn1c(CC23CC4CC(CC(C4)C2)C3)nnc1SCC(=O)Nc1sc2c(c1C#N)CCCC2. The van der Waals surface area contributed by atoms with Gasteiger partial charge >= 0.3 is 0 Å². The quantitative estimate of drug-likeness (QED) is 0.506. The van der Waals surface area contributed by atoms with Crippen LogP contribution in [-0.2, 0) is 30.6 Å². The first-order valence-electron chi connectivity index (χ1n) is 12.9. The van der Waals surface area contributed by atoms with E-state index in [0.29, 0.717) is 11.0 Å². The average molecular weight is 496 g/mol. The van der Waals surface area contributed by atoms with E-state index < -0.39 is 0 Å². The minimum atomic E-state index is -0.0756. The van der Waals surface area contributed by atoms with Gasteiger partial charge in [0.15, 0.2) is 5.16 Å². The van der Waals surface area contributed by atoms with E-state index in [2.05, 4.69) is 33.1 Å². The van der Waals surface area contributed by atoms with Crippen LogP contribution in [0.15, 0.2) is 5.16 Å². The number of thiophene rings is 1. The fraction of sp³-hybridized carbons (Fsp3) is 0.692. The van der Waals surface area contributed by atoms with Gasteiger partial charge in [0.2, 0.25) is 5.91 Å². The number of carbonyl (C=O) groups is 1. The third-order valence-electron chi connectivity index (χ3n) is 8.68. The standard InChI is InChI=1S/C26H33N5OS2/c1-2-31-22(13-26-10-16-7-17(11-26)9-18(8-16)12-26)29-30-25(31)33-15-23(32)28-24-20(14-27)19-5-3-4-6-21(19)34-24/h16-18H,2-13,15H2,1H3,(H,28,32). The lowest BCUT2D eigenvalue weighted by Gasteiger charge is -2.56. The molecule has 8 heteroatoms. The number of nitrogens with one attached hydrogen (secondary N) is 1. The summed E-state index contributed by atoms with van der Waals surface area (Å²) in [5.41, 5.74) is 2.26. The van der Waals surface area contributed by atoms with Crippen LogP contribution in [0, 0.1) is 34.5 Å². The normalized spacial score (nSPS) is 29.1. The summed E-state index contributed by atoms with van der Waals surface area (Å²) in [6.07, 6.45) is 13.8. The highest BCUT2D eigenvalue weighted by molar-refractivity contribution is 7.99. The number of hydrogen-bond acceptors (Lipinski definition) is 6. The Labute approximate surface area is 209 Å². The molecule has 0 atom stereocenters. The minimum Gasteiger partial charge on any atom is -0.316 e. The molecule has 0 spiro atoms. The summed E-state index contributed by atoms with van der Waals surface area (Å²) < 4.78 is 2.22. The summed E-state index contributed by atoms with van der Waals surface area (Å²) >= 11 is 3.04. The molecule has 2 heterocycles. The highest BCUT2D eigenvalue weighted by atomic mass is 32.2. The van der Waals surface area contributed by atoms with Gasteiger partial charge in [-0.1, -0.05) is 11.8 Å². The molecule has 1 amide bonds. The molecule has 4 saturated carbocycles. The third kappa shape index (κ3) is 4.09. The van der Waals surface area contributed by atoms with Crippen LogP contribution in [0.1, 0.15) is 80.1 Å². The summed E-state index contributed by atoms with van der Waals surface area (Å²) in [6.45, 7) is 2.97. The number of carbonyl (C=O) groups excluding carboxylic acids is 1. The lowest BCUT2D eigenvalue weighted by atomic mass is 9.49. The van der Waals surface area contributed by atoms with Crippen molar-refractivity contribution in [2.45, 2.75) is 89.3 Å². The van der Waals surface area contributed by atoms with Crippen molar-refractivity contribution < 1.29 is 4.79 Å². The maximum absolute atomic E-state index is 12.8. The first-order chi connectivity index (χ1) is 16.6. The first-order valence-corrected chi connectivity index (χ1v) is 14.8.